The summed E-state index contributed by atoms with van der Waals surface area (Å²) in [5.41, 5.74) is 0.858. The third-order valence-electron chi connectivity index (χ3n) is 3.87. The fraction of sp³-hybridized carbons (Fsp3) is 0.200. The number of nitrogens with zero attached hydrogens (tertiary/aromatic N) is 1. The van der Waals surface area contributed by atoms with E-state index < -0.39 is 23.4 Å². The quantitative estimate of drug-likeness (QED) is 0.319. The molecule has 0 bridgehead atoms. The van der Waals surface area contributed by atoms with E-state index in [-0.39, 0.29) is 24.5 Å². The van der Waals surface area contributed by atoms with E-state index in [0.717, 1.165) is 16.1 Å². The van der Waals surface area contributed by atoms with Crippen molar-refractivity contribution in [3.05, 3.63) is 79.5 Å². The number of carbonyl (C=O) groups is 1. The van der Waals surface area contributed by atoms with E-state index in [1.807, 2.05) is 6.07 Å². The van der Waals surface area contributed by atoms with Crippen LogP contribution in [0.3, 0.4) is 0 Å². The number of esters is 1. The molecule has 0 aliphatic carbocycles. The maximum Gasteiger partial charge on any atom is 0.357 e. The molecule has 1 aromatic heterocycles. The smallest absolute Gasteiger partial charge is 0.357 e. The standard InChI is InChI=1S/C20H15BrF3NO3S/c1-2-27-20(26)17-10-29-19(25-17)7-11-5-13(21)3-4-18(11)28-9-12-6-15(23)16(24)8-14(12)22/h3-6,8,10H,2,7,9H2,1H3. The first-order valence-corrected chi connectivity index (χ1v) is 10.2. The number of aromatic nitrogens is 1. The van der Waals surface area contributed by atoms with Gasteiger partial charge in [0.25, 0.3) is 0 Å². The highest BCUT2D eigenvalue weighted by atomic mass is 79.9. The average molecular weight is 486 g/mol. The highest BCUT2D eigenvalue weighted by Crippen LogP contribution is 2.28. The normalized spacial score (nSPS) is 10.8. The number of benzene rings is 2. The predicted molar refractivity (Wildman–Crippen MR) is 106 cm³/mol. The summed E-state index contributed by atoms with van der Waals surface area (Å²) < 4.78 is 51.7. The Balaban J connectivity index is 1.78. The highest BCUT2D eigenvalue weighted by Gasteiger charge is 2.15. The van der Waals surface area contributed by atoms with E-state index in [0.29, 0.717) is 23.2 Å². The second kappa shape index (κ2) is 9.41. The average Bonchev–Trinajstić information content (AvgIpc) is 3.14. The Morgan fingerprint density at radius 1 is 1.10 bits per heavy atom. The zero-order valence-corrected chi connectivity index (χ0v) is 17.6. The van der Waals surface area contributed by atoms with Crippen LogP contribution < -0.4 is 4.74 Å². The van der Waals surface area contributed by atoms with E-state index in [1.165, 1.54) is 11.3 Å². The molecule has 0 aliphatic heterocycles. The lowest BCUT2D eigenvalue weighted by atomic mass is 10.1. The van der Waals surface area contributed by atoms with Gasteiger partial charge in [0, 0.05) is 33.5 Å². The lowest BCUT2D eigenvalue weighted by Gasteiger charge is -2.12. The Morgan fingerprint density at radius 2 is 1.86 bits per heavy atom. The van der Waals surface area contributed by atoms with Gasteiger partial charge in [-0.3, -0.25) is 0 Å². The largest absolute Gasteiger partial charge is 0.488 e. The minimum absolute atomic E-state index is 0.100. The summed E-state index contributed by atoms with van der Waals surface area (Å²) in [6.07, 6.45) is 0.360. The molecule has 3 rings (SSSR count). The van der Waals surface area contributed by atoms with Crippen molar-refractivity contribution in [3.63, 3.8) is 0 Å². The van der Waals surface area contributed by atoms with Gasteiger partial charge in [-0.25, -0.2) is 22.9 Å². The van der Waals surface area contributed by atoms with Gasteiger partial charge < -0.3 is 9.47 Å². The lowest BCUT2D eigenvalue weighted by molar-refractivity contribution is 0.0520. The van der Waals surface area contributed by atoms with Crippen LogP contribution in [0.4, 0.5) is 13.2 Å². The molecule has 9 heteroatoms. The van der Waals surface area contributed by atoms with Gasteiger partial charge in [0.1, 0.15) is 18.2 Å². The molecule has 1 heterocycles. The number of rotatable bonds is 7. The van der Waals surface area contributed by atoms with Gasteiger partial charge in [-0.05, 0) is 31.2 Å². The topological polar surface area (TPSA) is 48.4 Å². The molecule has 0 N–H and O–H groups in total. The Kier molecular flexibility index (Phi) is 6.92. The van der Waals surface area contributed by atoms with Crippen LogP contribution >= 0.6 is 27.3 Å². The summed E-state index contributed by atoms with van der Waals surface area (Å²) in [5, 5.41) is 2.28. The van der Waals surface area contributed by atoms with Crippen molar-refractivity contribution < 1.29 is 27.4 Å². The molecule has 0 radical (unpaired) electrons. The number of hydrogen-bond acceptors (Lipinski definition) is 5. The van der Waals surface area contributed by atoms with Gasteiger partial charge in [-0.15, -0.1) is 11.3 Å². The Bertz CT molecular complexity index is 1040. The lowest BCUT2D eigenvalue weighted by Crippen LogP contribution is -2.05. The maximum absolute atomic E-state index is 13.8. The zero-order chi connectivity index (χ0) is 21.0. The highest BCUT2D eigenvalue weighted by molar-refractivity contribution is 9.10. The zero-order valence-electron chi connectivity index (χ0n) is 15.2. The Morgan fingerprint density at radius 3 is 2.62 bits per heavy atom. The molecule has 152 valence electrons. The van der Waals surface area contributed by atoms with Crippen LogP contribution in [0, 0.1) is 17.5 Å². The molecular weight excluding hydrogens is 471 g/mol. The van der Waals surface area contributed by atoms with Crippen molar-refractivity contribution >= 4 is 33.2 Å². The first-order chi connectivity index (χ1) is 13.9. The summed E-state index contributed by atoms with van der Waals surface area (Å²) in [6.45, 7) is 1.70. The second-order valence-corrected chi connectivity index (χ2v) is 7.78. The van der Waals surface area contributed by atoms with Gasteiger partial charge in [0.2, 0.25) is 0 Å². The second-order valence-electron chi connectivity index (χ2n) is 5.92. The molecule has 0 saturated heterocycles. The Hall–Kier alpha value is -2.39. The summed E-state index contributed by atoms with van der Waals surface area (Å²) >= 11 is 4.69. The first kappa shape index (κ1) is 21.3. The molecule has 0 saturated carbocycles. The van der Waals surface area contributed by atoms with Crippen molar-refractivity contribution in [1.82, 2.24) is 4.98 Å². The Labute approximate surface area is 177 Å². The van der Waals surface area contributed by atoms with Gasteiger partial charge in [-0.1, -0.05) is 15.9 Å². The predicted octanol–water partition coefficient (Wildman–Crippen LogP) is 5.67. The fourth-order valence-corrected chi connectivity index (χ4v) is 3.71. The summed E-state index contributed by atoms with van der Waals surface area (Å²) in [4.78, 5) is 16.0. The van der Waals surface area contributed by atoms with Crippen molar-refractivity contribution in [2.45, 2.75) is 20.0 Å². The van der Waals surface area contributed by atoms with Crippen LogP contribution in [-0.4, -0.2) is 17.6 Å². The number of halogens is 4. The van der Waals surface area contributed by atoms with E-state index in [4.69, 9.17) is 9.47 Å². The molecule has 0 unspecified atom stereocenters. The third kappa shape index (κ3) is 5.36. The number of carbonyl (C=O) groups excluding carboxylic acids is 1. The molecule has 4 nitrogen and oxygen atoms in total. The summed E-state index contributed by atoms with van der Waals surface area (Å²) in [5.74, 6) is -3.34. The fourth-order valence-electron chi connectivity index (χ4n) is 2.51. The van der Waals surface area contributed by atoms with Crippen LogP contribution in [-0.2, 0) is 17.8 Å². The molecule has 0 atom stereocenters. The van der Waals surface area contributed by atoms with Crippen molar-refractivity contribution in [2.24, 2.45) is 0 Å². The summed E-state index contributed by atoms with van der Waals surface area (Å²) in [6, 6.07) is 6.49. The molecule has 0 amide bonds. The summed E-state index contributed by atoms with van der Waals surface area (Å²) in [7, 11) is 0. The molecule has 0 fully saturated rings. The minimum Gasteiger partial charge on any atom is -0.488 e. The van der Waals surface area contributed by atoms with Crippen LogP contribution in [0.1, 0.15) is 33.5 Å². The minimum atomic E-state index is -1.25. The van der Waals surface area contributed by atoms with Crippen LogP contribution in [0.2, 0.25) is 0 Å². The van der Waals surface area contributed by atoms with Crippen molar-refractivity contribution in [2.75, 3.05) is 6.61 Å². The molecule has 0 spiro atoms. The van der Waals surface area contributed by atoms with Crippen LogP contribution in [0.15, 0.2) is 40.2 Å². The monoisotopic (exact) mass is 485 g/mol. The molecular formula is C20H15BrF3NO3S. The van der Waals surface area contributed by atoms with Crippen molar-refractivity contribution in [3.8, 4) is 5.75 Å². The van der Waals surface area contributed by atoms with Gasteiger partial charge in [0.15, 0.2) is 17.3 Å². The van der Waals surface area contributed by atoms with Crippen LogP contribution in [0.5, 0.6) is 5.75 Å². The van der Waals surface area contributed by atoms with Crippen LogP contribution in [0.25, 0.3) is 0 Å². The van der Waals surface area contributed by atoms with Gasteiger partial charge in [0.05, 0.1) is 11.6 Å². The van der Waals surface area contributed by atoms with Gasteiger partial charge in [-0.2, -0.15) is 0 Å². The van der Waals surface area contributed by atoms with Crippen molar-refractivity contribution in [1.29, 1.82) is 0 Å². The van der Waals surface area contributed by atoms with E-state index in [2.05, 4.69) is 20.9 Å². The SMILES string of the molecule is CCOC(=O)c1csc(Cc2cc(Br)ccc2OCc2cc(F)c(F)cc2F)n1. The van der Waals surface area contributed by atoms with E-state index >= 15 is 0 Å². The molecule has 0 aliphatic rings. The van der Waals surface area contributed by atoms with E-state index in [1.54, 1.807) is 24.4 Å². The number of hydrogen-bond donors (Lipinski definition) is 0. The van der Waals surface area contributed by atoms with Gasteiger partial charge >= 0.3 is 5.97 Å². The third-order valence-corrected chi connectivity index (χ3v) is 5.22. The number of thiazole rings is 1. The molecule has 3 aromatic rings. The van der Waals surface area contributed by atoms with E-state index in [9.17, 15) is 18.0 Å². The molecule has 2 aromatic carbocycles. The first-order valence-electron chi connectivity index (χ1n) is 8.53. The number of ether oxygens (including phenoxy) is 2. The molecule has 29 heavy (non-hydrogen) atoms. The maximum atomic E-state index is 13.8.